The molecule has 2 heterocycles. The second kappa shape index (κ2) is 7.64. The van der Waals surface area contributed by atoms with E-state index in [9.17, 15) is 10.2 Å². The first-order chi connectivity index (χ1) is 15.4. The Bertz CT molecular complexity index is 1110. The first-order valence-electron chi connectivity index (χ1n) is 11.3. The summed E-state index contributed by atoms with van der Waals surface area (Å²) in [5.74, 6) is 0.962. The lowest BCUT2D eigenvalue weighted by Crippen LogP contribution is -2.62. The summed E-state index contributed by atoms with van der Waals surface area (Å²) in [5.41, 5.74) is 0.140. The van der Waals surface area contributed by atoms with Crippen LogP contribution >= 0.6 is 0 Å². The fourth-order valence-corrected chi connectivity index (χ4v) is 6.06. The Hall–Kier alpha value is -2.83. The highest BCUT2D eigenvalue weighted by Crippen LogP contribution is 2.59. The number of aliphatic hydroxyl groups is 2. The van der Waals surface area contributed by atoms with Crippen LogP contribution in [0, 0.1) is 5.92 Å². The first-order valence-corrected chi connectivity index (χ1v) is 11.3. The van der Waals surface area contributed by atoms with E-state index < -0.39 is 11.2 Å². The smallest absolute Gasteiger partial charge is 0.321 e. The van der Waals surface area contributed by atoms with Crippen molar-refractivity contribution in [2.24, 2.45) is 5.92 Å². The first kappa shape index (κ1) is 21.0. The van der Waals surface area contributed by atoms with Gasteiger partial charge in [0.05, 0.1) is 11.3 Å². The summed E-state index contributed by atoms with van der Waals surface area (Å²) in [4.78, 5) is 12.7. The van der Waals surface area contributed by atoms with E-state index in [1.54, 1.807) is 31.6 Å². The van der Waals surface area contributed by atoms with Gasteiger partial charge in [0, 0.05) is 24.0 Å². The Morgan fingerprint density at radius 3 is 2.53 bits per heavy atom. The van der Waals surface area contributed by atoms with Gasteiger partial charge in [0.1, 0.15) is 11.4 Å². The fourth-order valence-electron chi connectivity index (χ4n) is 6.06. The van der Waals surface area contributed by atoms with E-state index in [1.165, 1.54) is 11.1 Å². The molecule has 1 fully saturated rings. The topological polar surface area (TPSA) is 88.4 Å². The average Bonchev–Trinajstić information content (AvgIpc) is 2.81. The molecule has 0 aliphatic heterocycles. The van der Waals surface area contributed by atoms with Crippen molar-refractivity contribution in [2.45, 2.75) is 62.6 Å². The standard InChI is InChI=1S/C26H29N3O3/c1-3-25-17-24(2,30)26(31,22-7-4-5-12-27-22)16-19(25)9-8-18-15-20(10-11-21(18)25)32-23-28-13-6-14-29-23/h4-7,10-15,19,30-31H,3,8-9,16-17H2,1-2H3. The van der Waals surface area contributed by atoms with Crippen LogP contribution in [0.3, 0.4) is 0 Å². The maximum Gasteiger partial charge on any atom is 0.321 e. The predicted octanol–water partition coefficient (Wildman–Crippen LogP) is 4.31. The van der Waals surface area contributed by atoms with Gasteiger partial charge in [-0.2, -0.15) is 0 Å². The minimum absolute atomic E-state index is 0.208. The largest absolute Gasteiger partial charge is 0.424 e. The second-order valence-corrected chi connectivity index (χ2v) is 9.43. The van der Waals surface area contributed by atoms with Crippen molar-refractivity contribution in [1.29, 1.82) is 0 Å². The van der Waals surface area contributed by atoms with Crippen molar-refractivity contribution >= 4 is 0 Å². The van der Waals surface area contributed by atoms with Gasteiger partial charge in [0.15, 0.2) is 0 Å². The molecular weight excluding hydrogens is 402 g/mol. The number of nitrogens with zero attached hydrogens (tertiary/aromatic N) is 3. The van der Waals surface area contributed by atoms with Gasteiger partial charge in [-0.3, -0.25) is 4.98 Å². The predicted molar refractivity (Wildman–Crippen MR) is 120 cm³/mol. The van der Waals surface area contributed by atoms with Crippen molar-refractivity contribution in [2.75, 3.05) is 0 Å². The van der Waals surface area contributed by atoms with Gasteiger partial charge >= 0.3 is 6.01 Å². The second-order valence-electron chi connectivity index (χ2n) is 9.43. The summed E-state index contributed by atoms with van der Waals surface area (Å²) < 4.78 is 5.86. The van der Waals surface area contributed by atoms with Crippen LogP contribution < -0.4 is 4.74 Å². The molecule has 2 aliphatic rings. The molecule has 0 spiro atoms. The summed E-state index contributed by atoms with van der Waals surface area (Å²) in [7, 11) is 0. The molecule has 3 aromatic rings. The van der Waals surface area contributed by atoms with Crippen LogP contribution in [0.1, 0.15) is 56.4 Å². The van der Waals surface area contributed by atoms with E-state index in [0.717, 1.165) is 19.3 Å². The Morgan fingerprint density at radius 1 is 1.03 bits per heavy atom. The number of ether oxygens (including phenoxy) is 1. The van der Waals surface area contributed by atoms with Crippen molar-refractivity contribution < 1.29 is 14.9 Å². The lowest BCUT2D eigenvalue weighted by Gasteiger charge is -2.58. The van der Waals surface area contributed by atoms with Crippen LogP contribution in [0.5, 0.6) is 11.8 Å². The maximum absolute atomic E-state index is 11.7. The van der Waals surface area contributed by atoms with E-state index in [4.69, 9.17) is 4.74 Å². The summed E-state index contributed by atoms with van der Waals surface area (Å²) in [6.45, 7) is 3.94. The molecule has 2 aromatic heterocycles. The van der Waals surface area contributed by atoms with Crippen LogP contribution in [-0.2, 0) is 17.4 Å². The zero-order chi connectivity index (χ0) is 22.4. The highest BCUT2D eigenvalue weighted by Gasteiger charge is 2.61. The Morgan fingerprint density at radius 2 is 1.81 bits per heavy atom. The summed E-state index contributed by atoms with van der Waals surface area (Å²) in [5, 5.41) is 23.4. The molecule has 32 heavy (non-hydrogen) atoms. The summed E-state index contributed by atoms with van der Waals surface area (Å²) in [6.07, 6.45) is 8.69. The van der Waals surface area contributed by atoms with Crippen molar-refractivity contribution in [3.05, 3.63) is 77.9 Å². The van der Waals surface area contributed by atoms with Gasteiger partial charge in [-0.05, 0) is 86.4 Å². The third-order valence-corrected chi connectivity index (χ3v) is 7.72. The van der Waals surface area contributed by atoms with Crippen LogP contribution in [0.4, 0.5) is 0 Å². The Balaban J connectivity index is 1.51. The minimum Gasteiger partial charge on any atom is -0.424 e. The number of rotatable bonds is 4. The third kappa shape index (κ3) is 3.21. The zero-order valence-electron chi connectivity index (χ0n) is 18.5. The van der Waals surface area contributed by atoms with Gasteiger partial charge < -0.3 is 14.9 Å². The van der Waals surface area contributed by atoms with Gasteiger partial charge in [-0.25, -0.2) is 9.97 Å². The summed E-state index contributed by atoms with van der Waals surface area (Å²) in [6, 6.07) is 13.8. The highest BCUT2D eigenvalue weighted by molar-refractivity contribution is 5.45. The van der Waals surface area contributed by atoms with Crippen LogP contribution in [0.2, 0.25) is 0 Å². The molecule has 166 valence electrons. The Kier molecular flexibility index (Phi) is 5.02. The van der Waals surface area contributed by atoms with E-state index in [1.807, 2.05) is 24.3 Å². The molecule has 6 heteroatoms. The number of aryl methyl sites for hydroxylation is 1. The van der Waals surface area contributed by atoms with E-state index in [-0.39, 0.29) is 11.3 Å². The summed E-state index contributed by atoms with van der Waals surface area (Å²) >= 11 is 0. The van der Waals surface area contributed by atoms with Crippen LogP contribution in [0.25, 0.3) is 0 Å². The molecule has 0 amide bonds. The zero-order valence-corrected chi connectivity index (χ0v) is 18.5. The molecule has 0 saturated heterocycles. The van der Waals surface area contributed by atoms with Crippen LogP contribution in [0.15, 0.2) is 61.1 Å². The molecule has 4 unspecified atom stereocenters. The number of fused-ring (bicyclic) bond motifs is 3. The average molecular weight is 432 g/mol. The quantitative estimate of drug-likeness (QED) is 0.640. The van der Waals surface area contributed by atoms with Gasteiger partial charge in [0.2, 0.25) is 0 Å². The number of aromatic nitrogens is 3. The SMILES string of the molecule is CCC12CC(C)(O)C(O)(c3ccccn3)CC1CCc1cc(Oc3ncccn3)ccc12. The highest BCUT2D eigenvalue weighted by atomic mass is 16.5. The lowest BCUT2D eigenvalue weighted by molar-refractivity contribution is -0.207. The molecule has 2 aliphatic carbocycles. The van der Waals surface area contributed by atoms with E-state index in [0.29, 0.717) is 30.3 Å². The molecule has 2 N–H and O–H groups in total. The van der Waals surface area contributed by atoms with Crippen LogP contribution in [-0.4, -0.2) is 30.8 Å². The normalized spacial score (nSPS) is 31.4. The molecular formula is C26H29N3O3. The van der Waals surface area contributed by atoms with Gasteiger partial charge in [-0.1, -0.05) is 19.1 Å². The maximum atomic E-state index is 11.7. The number of hydrogen-bond donors (Lipinski definition) is 2. The van der Waals surface area contributed by atoms with Crippen molar-refractivity contribution in [3.63, 3.8) is 0 Å². The number of benzene rings is 1. The van der Waals surface area contributed by atoms with E-state index in [2.05, 4.69) is 34.0 Å². The molecule has 6 nitrogen and oxygen atoms in total. The fraction of sp³-hybridized carbons (Fsp3) is 0.423. The monoisotopic (exact) mass is 431 g/mol. The Labute approximate surface area is 188 Å². The number of pyridine rings is 1. The minimum atomic E-state index is -1.37. The molecule has 4 atom stereocenters. The molecule has 5 rings (SSSR count). The number of hydrogen-bond acceptors (Lipinski definition) is 6. The van der Waals surface area contributed by atoms with Gasteiger partial charge in [-0.15, -0.1) is 0 Å². The molecule has 0 radical (unpaired) electrons. The van der Waals surface area contributed by atoms with Crippen molar-refractivity contribution in [1.82, 2.24) is 15.0 Å². The van der Waals surface area contributed by atoms with E-state index >= 15 is 0 Å². The van der Waals surface area contributed by atoms with Crippen molar-refractivity contribution in [3.8, 4) is 11.8 Å². The molecule has 1 aromatic carbocycles. The molecule has 1 saturated carbocycles. The lowest BCUT2D eigenvalue weighted by atomic mass is 9.49. The molecule has 0 bridgehead atoms. The third-order valence-electron chi connectivity index (χ3n) is 7.72. The van der Waals surface area contributed by atoms with Gasteiger partial charge in [0.25, 0.3) is 0 Å².